The quantitative estimate of drug-likeness (QED) is 0.590. The monoisotopic (exact) mass is 408 g/mol. The van der Waals surface area contributed by atoms with Crippen LogP contribution in [0.4, 0.5) is 11.4 Å². The number of hydrogen-bond donors (Lipinski definition) is 1. The number of rotatable bonds is 4. The Hall–Kier alpha value is -2.34. The molecule has 0 unspecified atom stereocenters. The van der Waals surface area contributed by atoms with Gasteiger partial charge >= 0.3 is 0 Å². The Morgan fingerprint density at radius 2 is 1.62 bits per heavy atom. The van der Waals surface area contributed by atoms with Crippen molar-refractivity contribution in [3.8, 4) is 0 Å². The molecule has 0 aromatic heterocycles. The molecule has 0 bridgehead atoms. The van der Waals surface area contributed by atoms with Crippen LogP contribution in [0.2, 0.25) is 10.0 Å². The number of halogens is 3. The highest BCUT2D eigenvalue weighted by molar-refractivity contribution is 6.53. The van der Waals surface area contributed by atoms with Crippen LogP contribution in [-0.4, -0.2) is 17.6 Å². The molecule has 26 heavy (non-hydrogen) atoms. The largest absolute Gasteiger partial charge is 0.350 e. The van der Waals surface area contributed by atoms with Gasteiger partial charge in [-0.1, -0.05) is 34.8 Å². The molecule has 8 heteroatoms. The Balaban J connectivity index is 1.90. The number of imide groups is 1. The van der Waals surface area contributed by atoms with E-state index in [1.54, 1.807) is 24.3 Å². The van der Waals surface area contributed by atoms with Gasteiger partial charge in [0, 0.05) is 16.3 Å². The predicted octanol–water partition coefficient (Wildman–Crippen LogP) is 4.63. The molecule has 0 aliphatic carbocycles. The van der Waals surface area contributed by atoms with Crippen molar-refractivity contribution in [3.05, 3.63) is 68.8 Å². The number of hydrogen-bond acceptors (Lipinski definition) is 4. The Morgan fingerprint density at radius 1 is 0.962 bits per heavy atom. The number of anilines is 2. The van der Waals surface area contributed by atoms with Crippen LogP contribution in [0.5, 0.6) is 0 Å². The summed E-state index contributed by atoms with van der Waals surface area (Å²) in [6.07, 6.45) is 0. The molecule has 0 saturated carbocycles. The third kappa shape index (κ3) is 3.33. The second kappa shape index (κ2) is 7.11. The van der Waals surface area contributed by atoms with Gasteiger partial charge in [0.15, 0.2) is 5.78 Å². The molecule has 1 N–H and O–H groups in total. The molecule has 0 fully saturated rings. The molecular weight excluding hydrogens is 399 g/mol. The first-order valence-corrected chi connectivity index (χ1v) is 8.54. The lowest BCUT2D eigenvalue weighted by Crippen LogP contribution is -2.32. The first-order chi connectivity index (χ1) is 12.3. The average molecular weight is 410 g/mol. The van der Waals surface area contributed by atoms with Gasteiger partial charge in [-0.25, -0.2) is 4.90 Å². The summed E-state index contributed by atoms with van der Waals surface area (Å²) < 4.78 is 0. The van der Waals surface area contributed by atoms with Gasteiger partial charge in [0.25, 0.3) is 11.8 Å². The molecule has 5 nitrogen and oxygen atoms in total. The highest BCUT2D eigenvalue weighted by atomic mass is 35.5. The highest BCUT2D eigenvalue weighted by Gasteiger charge is 2.39. The van der Waals surface area contributed by atoms with E-state index in [9.17, 15) is 14.4 Å². The van der Waals surface area contributed by atoms with E-state index in [0.29, 0.717) is 16.3 Å². The van der Waals surface area contributed by atoms with Crippen LogP contribution in [-0.2, 0) is 9.59 Å². The first kappa shape index (κ1) is 18.5. The summed E-state index contributed by atoms with van der Waals surface area (Å²) in [6.45, 7) is 1.45. The maximum Gasteiger partial charge on any atom is 0.283 e. The first-order valence-electron chi connectivity index (χ1n) is 7.41. The summed E-state index contributed by atoms with van der Waals surface area (Å²) in [6, 6.07) is 10.9. The van der Waals surface area contributed by atoms with Crippen molar-refractivity contribution >= 4 is 63.8 Å². The number of benzene rings is 2. The number of nitrogens with one attached hydrogen (secondary N) is 1. The summed E-state index contributed by atoms with van der Waals surface area (Å²) in [5.74, 6) is -1.41. The smallest absolute Gasteiger partial charge is 0.283 e. The maximum atomic E-state index is 12.7. The van der Waals surface area contributed by atoms with Gasteiger partial charge in [-0.15, -0.1) is 0 Å². The summed E-state index contributed by atoms with van der Waals surface area (Å²) >= 11 is 18.0. The van der Waals surface area contributed by atoms with Crippen molar-refractivity contribution in [3.63, 3.8) is 0 Å². The van der Waals surface area contributed by atoms with Crippen molar-refractivity contribution in [2.24, 2.45) is 0 Å². The molecule has 2 amide bonds. The molecule has 0 spiro atoms. The number of amides is 2. The van der Waals surface area contributed by atoms with Gasteiger partial charge < -0.3 is 5.32 Å². The van der Waals surface area contributed by atoms with E-state index >= 15 is 0 Å². The van der Waals surface area contributed by atoms with E-state index in [1.165, 1.54) is 25.1 Å². The standard InChI is InChI=1S/C18H11Cl3N2O3/c1-9(24)10-2-5-12(6-3-10)22-16-15(21)17(25)23(18(16)26)14-7-4-11(19)8-13(14)20/h2-8,22H,1H3. The molecule has 2 aromatic rings. The van der Waals surface area contributed by atoms with Gasteiger partial charge in [0.1, 0.15) is 10.7 Å². The van der Waals surface area contributed by atoms with E-state index in [-0.39, 0.29) is 27.2 Å². The topological polar surface area (TPSA) is 66.5 Å². The second-order valence-corrected chi connectivity index (χ2v) is 6.71. The molecule has 1 aliphatic rings. The molecule has 0 atom stereocenters. The molecule has 0 saturated heterocycles. The Bertz CT molecular complexity index is 968. The second-order valence-electron chi connectivity index (χ2n) is 5.49. The van der Waals surface area contributed by atoms with Crippen LogP contribution in [0, 0.1) is 0 Å². The summed E-state index contributed by atoms with van der Waals surface area (Å²) in [5.41, 5.74) is 1.15. The lowest BCUT2D eigenvalue weighted by Gasteiger charge is -2.16. The molecule has 132 valence electrons. The van der Waals surface area contributed by atoms with Gasteiger partial charge in [-0.3, -0.25) is 14.4 Å². The van der Waals surface area contributed by atoms with Crippen molar-refractivity contribution in [2.75, 3.05) is 10.2 Å². The van der Waals surface area contributed by atoms with Gasteiger partial charge in [-0.2, -0.15) is 0 Å². The minimum atomic E-state index is -0.691. The van der Waals surface area contributed by atoms with Crippen LogP contribution in [0.15, 0.2) is 53.2 Å². The lowest BCUT2D eigenvalue weighted by molar-refractivity contribution is -0.120. The lowest BCUT2D eigenvalue weighted by atomic mass is 10.1. The Labute approximate surface area is 164 Å². The average Bonchev–Trinajstić information content (AvgIpc) is 2.80. The number of carbonyl (C=O) groups is 3. The molecule has 0 radical (unpaired) electrons. The molecule has 3 rings (SSSR count). The zero-order valence-electron chi connectivity index (χ0n) is 13.3. The number of ketones is 1. The van der Waals surface area contributed by atoms with E-state index in [1.807, 2.05) is 0 Å². The van der Waals surface area contributed by atoms with E-state index in [4.69, 9.17) is 34.8 Å². The third-order valence-electron chi connectivity index (χ3n) is 3.74. The normalized spacial score (nSPS) is 14.2. The molecule has 1 aliphatic heterocycles. The van der Waals surface area contributed by atoms with Crippen LogP contribution in [0.3, 0.4) is 0 Å². The summed E-state index contributed by atoms with van der Waals surface area (Å²) in [4.78, 5) is 37.3. The van der Waals surface area contributed by atoms with Gasteiger partial charge in [0.05, 0.1) is 10.7 Å². The molecule has 2 aromatic carbocycles. The van der Waals surface area contributed by atoms with Crippen LogP contribution < -0.4 is 10.2 Å². The Kier molecular flexibility index (Phi) is 5.05. The fourth-order valence-corrected chi connectivity index (χ4v) is 3.13. The van der Waals surface area contributed by atoms with Gasteiger partial charge in [-0.05, 0) is 49.4 Å². The highest BCUT2D eigenvalue weighted by Crippen LogP contribution is 2.35. The van der Waals surface area contributed by atoms with Crippen LogP contribution in [0.1, 0.15) is 17.3 Å². The number of carbonyl (C=O) groups excluding carboxylic acids is 3. The van der Waals surface area contributed by atoms with Crippen LogP contribution >= 0.6 is 34.8 Å². The minimum absolute atomic E-state index is 0.0711. The van der Waals surface area contributed by atoms with Crippen molar-refractivity contribution < 1.29 is 14.4 Å². The summed E-state index contributed by atoms with van der Waals surface area (Å²) in [5, 5.41) is 3.09. The van der Waals surface area contributed by atoms with E-state index in [0.717, 1.165) is 4.90 Å². The SMILES string of the molecule is CC(=O)c1ccc(NC2=C(Cl)C(=O)N(c3ccc(Cl)cc3Cl)C2=O)cc1. The Morgan fingerprint density at radius 3 is 2.19 bits per heavy atom. The van der Waals surface area contributed by atoms with E-state index in [2.05, 4.69) is 5.32 Å². The van der Waals surface area contributed by atoms with Gasteiger partial charge in [0.2, 0.25) is 0 Å². The number of Topliss-reactive ketones (excluding diaryl/α,β-unsaturated/α-hetero) is 1. The van der Waals surface area contributed by atoms with Crippen molar-refractivity contribution in [2.45, 2.75) is 6.92 Å². The fourth-order valence-electron chi connectivity index (χ4n) is 2.43. The zero-order valence-corrected chi connectivity index (χ0v) is 15.6. The number of nitrogens with zero attached hydrogens (tertiary/aromatic N) is 1. The third-order valence-corrected chi connectivity index (χ3v) is 4.63. The van der Waals surface area contributed by atoms with Crippen molar-refractivity contribution in [1.29, 1.82) is 0 Å². The predicted molar refractivity (Wildman–Crippen MR) is 102 cm³/mol. The van der Waals surface area contributed by atoms with E-state index < -0.39 is 11.8 Å². The zero-order chi connectivity index (χ0) is 19.0. The summed E-state index contributed by atoms with van der Waals surface area (Å²) in [7, 11) is 0. The van der Waals surface area contributed by atoms with Crippen LogP contribution in [0.25, 0.3) is 0 Å². The maximum absolute atomic E-state index is 12.7. The fraction of sp³-hybridized carbons (Fsp3) is 0.0556. The molecular formula is C18H11Cl3N2O3. The minimum Gasteiger partial charge on any atom is -0.350 e. The van der Waals surface area contributed by atoms with Crippen molar-refractivity contribution in [1.82, 2.24) is 0 Å². The molecule has 1 heterocycles.